The minimum Gasteiger partial charge on any atom is -0.399 e. The van der Waals surface area contributed by atoms with Crippen LogP contribution in [0.1, 0.15) is 13.3 Å². The zero-order valence-corrected chi connectivity index (χ0v) is 9.15. The van der Waals surface area contributed by atoms with Crippen molar-refractivity contribution in [2.45, 2.75) is 19.4 Å². The maximum Gasteiger partial charge on any atom is 0.0670 e. The SMILES string of the molecule is CCC1COCCN1c1ccc(N)cc1. The Hall–Kier alpha value is -1.22. The summed E-state index contributed by atoms with van der Waals surface area (Å²) < 4.78 is 5.48. The van der Waals surface area contributed by atoms with Gasteiger partial charge >= 0.3 is 0 Å². The van der Waals surface area contributed by atoms with E-state index < -0.39 is 0 Å². The van der Waals surface area contributed by atoms with E-state index in [4.69, 9.17) is 10.5 Å². The van der Waals surface area contributed by atoms with Gasteiger partial charge < -0.3 is 15.4 Å². The number of benzene rings is 1. The lowest BCUT2D eigenvalue weighted by Crippen LogP contribution is -2.45. The largest absolute Gasteiger partial charge is 0.399 e. The van der Waals surface area contributed by atoms with Gasteiger partial charge in [0.05, 0.1) is 19.3 Å². The van der Waals surface area contributed by atoms with Crippen LogP contribution >= 0.6 is 0 Å². The van der Waals surface area contributed by atoms with Crippen LogP contribution in [0.25, 0.3) is 0 Å². The molecule has 1 aromatic rings. The summed E-state index contributed by atoms with van der Waals surface area (Å²) in [5.74, 6) is 0. The molecule has 15 heavy (non-hydrogen) atoms. The molecule has 3 nitrogen and oxygen atoms in total. The van der Waals surface area contributed by atoms with Crippen molar-refractivity contribution in [1.82, 2.24) is 0 Å². The molecule has 0 bridgehead atoms. The summed E-state index contributed by atoms with van der Waals surface area (Å²) in [6.45, 7) is 4.83. The van der Waals surface area contributed by atoms with Crippen LogP contribution in [0.4, 0.5) is 11.4 Å². The van der Waals surface area contributed by atoms with Gasteiger partial charge in [-0.25, -0.2) is 0 Å². The number of ether oxygens (including phenoxy) is 1. The summed E-state index contributed by atoms with van der Waals surface area (Å²) in [5, 5.41) is 0. The first-order valence-electron chi connectivity index (χ1n) is 5.51. The smallest absolute Gasteiger partial charge is 0.0670 e. The lowest BCUT2D eigenvalue weighted by Gasteiger charge is -2.37. The summed E-state index contributed by atoms with van der Waals surface area (Å²) in [6.07, 6.45) is 1.12. The molecule has 1 saturated heterocycles. The van der Waals surface area contributed by atoms with Gasteiger partial charge in [-0.2, -0.15) is 0 Å². The van der Waals surface area contributed by atoms with E-state index in [9.17, 15) is 0 Å². The Morgan fingerprint density at radius 1 is 1.40 bits per heavy atom. The fourth-order valence-electron chi connectivity index (χ4n) is 2.00. The normalized spacial score (nSPS) is 21.7. The van der Waals surface area contributed by atoms with E-state index in [1.54, 1.807) is 0 Å². The molecule has 1 fully saturated rings. The first-order chi connectivity index (χ1) is 7.31. The second-order valence-electron chi connectivity index (χ2n) is 3.92. The molecule has 1 aliphatic heterocycles. The Kier molecular flexibility index (Phi) is 3.11. The highest BCUT2D eigenvalue weighted by atomic mass is 16.5. The molecule has 0 saturated carbocycles. The first-order valence-corrected chi connectivity index (χ1v) is 5.51. The summed E-state index contributed by atoms with van der Waals surface area (Å²) in [5.41, 5.74) is 7.75. The topological polar surface area (TPSA) is 38.5 Å². The summed E-state index contributed by atoms with van der Waals surface area (Å²) in [4.78, 5) is 2.41. The highest BCUT2D eigenvalue weighted by molar-refractivity contribution is 5.53. The molecule has 3 heteroatoms. The molecule has 0 amide bonds. The molecule has 0 aromatic heterocycles. The maximum absolute atomic E-state index is 5.68. The lowest BCUT2D eigenvalue weighted by molar-refractivity contribution is 0.0930. The van der Waals surface area contributed by atoms with E-state index in [0.29, 0.717) is 6.04 Å². The van der Waals surface area contributed by atoms with Crippen molar-refractivity contribution >= 4 is 11.4 Å². The third-order valence-corrected chi connectivity index (χ3v) is 2.92. The predicted octanol–water partition coefficient (Wildman–Crippen LogP) is 1.88. The van der Waals surface area contributed by atoms with E-state index in [1.165, 1.54) is 5.69 Å². The Morgan fingerprint density at radius 3 is 2.80 bits per heavy atom. The molecule has 1 aromatic carbocycles. The fourth-order valence-corrected chi connectivity index (χ4v) is 2.00. The van der Waals surface area contributed by atoms with E-state index in [-0.39, 0.29) is 0 Å². The first kappa shape index (κ1) is 10.3. The van der Waals surface area contributed by atoms with Gasteiger partial charge in [0, 0.05) is 17.9 Å². The van der Waals surface area contributed by atoms with E-state index >= 15 is 0 Å². The summed E-state index contributed by atoms with van der Waals surface area (Å²) in [7, 11) is 0. The van der Waals surface area contributed by atoms with E-state index in [1.807, 2.05) is 12.1 Å². The molecule has 2 rings (SSSR count). The van der Waals surface area contributed by atoms with Crippen LogP contribution in [-0.4, -0.2) is 25.8 Å². The number of hydrogen-bond acceptors (Lipinski definition) is 3. The Labute approximate surface area is 90.8 Å². The number of nitrogens with two attached hydrogens (primary N) is 1. The van der Waals surface area contributed by atoms with Gasteiger partial charge in [0.25, 0.3) is 0 Å². The minimum atomic E-state index is 0.502. The highest BCUT2D eigenvalue weighted by Gasteiger charge is 2.21. The van der Waals surface area contributed by atoms with Crippen LogP contribution < -0.4 is 10.6 Å². The van der Waals surface area contributed by atoms with Gasteiger partial charge in [0.2, 0.25) is 0 Å². The molecular formula is C12H18N2O. The number of anilines is 2. The standard InChI is InChI=1S/C12H18N2O/c1-2-11-9-15-8-7-14(11)12-5-3-10(13)4-6-12/h3-6,11H,2,7-9,13H2,1H3. The highest BCUT2D eigenvalue weighted by Crippen LogP contribution is 2.22. The number of nitrogen functional groups attached to an aromatic ring is 1. The van der Waals surface area contributed by atoms with Crippen molar-refractivity contribution in [1.29, 1.82) is 0 Å². The molecule has 1 heterocycles. The Morgan fingerprint density at radius 2 is 2.13 bits per heavy atom. The molecule has 0 aliphatic carbocycles. The van der Waals surface area contributed by atoms with Crippen LogP contribution in [0.15, 0.2) is 24.3 Å². The monoisotopic (exact) mass is 206 g/mol. The zero-order valence-electron chi connectivity index (χ0n) is 9.15. The maximum atomic E-state index is 5.68. The van der Waals surface area contributed by atoms with Crippen molar-refractivity contribution in [3.8, 4) is 0 Å². The third-order valence-electron chi connectivity index (χ3n) is 2.92. The van der Waals surface area contributed by atoms with Crippen molar-refractivity contribution in [2.75, 3.05) is 30.4 Å². The molecule has 2 N–H and O–H groups in total. The van der Waals surface area contributed by atoms with Crippen LogP contribution in [-0.2, 0) is 4.74 Å². The van der Waals surface area contributed by atoms with Gasteiger partial charge in [0.15, 0.2) is 0 Å². The third kappa shape index (κ3) is 2.23. The Balaban J connectivity index is 2.16. The van der Waals surface area contributed by atoms with Crippen LogP contribution in [0.3, 0.4) is 0 Å². The van der Waals surface area contributed by atoms with Gasteiger partial charge in [-0.3, -0.25) is 0 Å². The van der Waals surface area contributed by atoms with Crippen molar-refractivity contribution < 1.29 is 4.74 Å². The second kappa shape index (κ2) is 4.53. The summed E-state index contributed by atoms with van der Waals surface area (Å²) in [6, 6.07) is 8.59. The van der Waals surface area contributed by atoms with Crippen molar-refractivity contribution in [2.24, 2.45) is 0 Å². The predicted molar refractivity (Wildman–Crippen MR) is 63.1 cm³/mol. The fraction of sp³-hybridized carbons (Fsp3) is 0.500. The zero-order chi connectivity index (χ0) is 10.7. The second-order valence-corrected chi connectivity index (χ2v) is 3.92. The van der Waals surface area contributed by atoms with Gasteiger partial charge in [-0.15, -0.1) is 0 Å². The van der Waals surface area contributed by atoms with Gasteiger partial charge in [0.1, 0.15) is 0 Å². The number of nitrogens with zero attached hydrogens (tertiary/aromatic N) is 1. The van der Waals surface area contributed by atoms with Crippen LogP contribution in [0.2, 0.25) is 0 Å². The average Bonchev–Trinajstić information content (AvgIpc) is 2.30. The van der Waals surface area contributed by atoms with Crippen molar-refractivity contribution in [3.63, 3.8) is 0 Å². The van der Waals surface area contributed by atoms with Crippen LogP contribution in [0.5, 0.6) is 0 Å². The lowest BCUT2D eigenvalue weighted by atomic mass is 10.1. The minimum absolute atomic E-state index is 0.502. The molecule has 1 aliphatic rings. The molecular weight excluding hydrogens is 188 g/mol. The number of rotatable bonds is 2. The van der Waals surface area contributed by atoms with Gasteiger partial charge in [-0.05, 0) is 30.7 Å². The van der Waals surface area contributed by atoms with Crippen molar-refractivity contribution in [3.05, 3.63) is 24.3 Å². The number of hydrogen-bond donors (Lipinski definition) is 1. The van der Waals surface area contributed by atoms with Gasteiger partial charge in [-0.1, -0.05) is 6.92 Å². The molecule has 0 spiro atoms. The summed E-state index contributed by atoms with van der Waals surface area (Å²) >= 11 is 0. The molecule has 1 unspecified atom stereocenters. The van der Waals surface area contributed by atoms with E-state index in [2.05, 4.69) is 24.0 Å². The molecule has 1 atom stereocenters. The average molecular weight is 206 g/mol. The van der Waals surface area contributed by atoms with E-state index in [0.717, 1.165) is 31.9 Å². The Bertz CT molecular complexity index is 310. The molecule has 0 radical (unpaired) electrons. The quantitative estimate of drug-likeness (QED) is 0.751. The van der Waals surface area contributed by atoms with Crippen LogP contribution in [0, 0.1) is 0 Å². The molecule has 82 valence electrons. The number of morpholine rings is 1.